The van der Waals surface area contributed by atoms with Crippen LogP contribution in [-0.2, 0) is 0 Å². The molecule has 1 rings (SSSR count). The van der Waals surface area contributed by atoms with Crippen LogP contribution in [0.4, 0.5) is 0 Å². The summed E-state index contributed by atoms with van der Waals surface area (Å²) in [5, 5.41) is 0. The molecule has 0 spiro atoms. The van der Waals surface area contributed by atoms with Crippen molar-refractivity contribution in [1.29, 1.82) is 0 Å². The zero-order valence-corrected chi connectivity index (χ0v) is 6.49. The van der Waals surface area contributed by atoms with E-state index in [0.717, 1.165) is 18.2 Å². The lowest BCUT2D eigenvalue weighted by Crippen LogP contribution is -1.92. The average molecular weight is 133 g/mol. The summed E-state index contributed by atoms with van der Waals surface area (Å²) < 4.78 is 0. The van der Waals surface area contributed by atoms with E-state index in [0.29, 0.717) is 0 Å². The maximum Gasteiger partial charge on any atom is 0.139 e. The first-order chi connectivity index (χ1) is 3.60. The standard InChI is InChI=1S/C6H14OP/c1-6-3-4-8(2,7)5-6/h6-7H,3-5H2,1-2H3/q+1. The van der Waals surface area contributed by atoms with E-state index >= 15 is 0 Å². The normalized spacial score (nSPS) is 47.6. The molecule has 0 aromatic carbocycles. The summed E-state index contributed by atoms with van der Waals surface area (Å²) >= 11 is 0. The largest absolute Gasteiger partial charge is 0.252 e. The van der Waals surface area contributed by atoms with Gasteiger partial charge in [-0.05, 0) is 12.3 Å². The van der Waals surface area contributed by atoms with Gasteiger partial charge in [-0.25, -0.2) is 0 Å². The Morgan fingerprint density at radius 1 is 1.62 bits per heavy atom. The minimum atomic E-state index is -1.35. The SMILES string of the molecule is CC1CC[P+](C)(O)C1. The second-order valence-electron chi connectivity index (χ2n) is 3.14. The quantitative estimate of drug-likeness (QED) is 0.497. The van der Waals surface area contributed by atoms with Crippen LogP contribution in [0.25, 0.3) is 0 Å². The van der Waals surface area contributed by atoms with Crippen LogP contribution in [0, 0.1) is 5.92 Å². The highest BCUT2D eigenvalue weighted by Crippen LogP contribution is 2.57. The lowest BCUT2D eigenvalue weighted by molar-refractivity contribution is 0.608. The van der Waals surface area contributed by atoms with Gasteiger partial charge in [0.15, 0.2) is 0 Å². The molecule has 0 aromatic rings. The molecule has 0 aliphatic carbocycles. The summed E-state index contributed by atoms with van der Waals surface area (Å²) in [4.78, 5) is 9.48. The smallest absolute Gasteiger partial charge is 0.139 e. The first-order valence-electron chi connectivity index (χ1n) is 3.17. The van der Waals surface area contributed by atoms with Crippen LogP contribution in [0.3, 0.4) is 0 Å². The zero-order chi connectivity index (χ0) is 6.20. The Hall–Kier alpha value is 0.390. The molecule has 0 amide bonds. The average Bonchev–Trinajstić information content (AvgIpc) is 1.82. The van der Waals surface area contributed by atoms with Crippen molar-refractivity contribution >= 4 is 7.49 Å². The lowest BCUT2D eigenvalue weighted by atomic mass is 10.2. The fraction of sp³-hybridized carbons (Fsp3) is 1.00. The Kier molecular flexibility index (Phi) is 1.60. The molecule has 48 valence electrons. The van der Waals surface area contributed by atoms with Crippen LogP contribution >= 0.6 is 7.49 Å². The molecular formula is C6H14OP+. The van der Waals surface area contributed by atoms with Gasteiger partial charge in [0, 0.05) is 0 Å². The molecule has 0 bridgehead atoms. The second-order valence-corrected chi connectivity index (χ2v) is 6.63. The summed E-state index contributed by atoms with van der Waals surface area (Å²) in [6.07, 6.45) is 3.46. The maximum absolute atomic E-state index is 9.48. The van der Waals surface area contributed by atoms with Crippen molar-refractivity contribution in [2.75, 3.05) is 19.0 Å². The monoisotopic (exact) mass is 133 g/mol. The molecule has 0 radical (unpaired) electrons. The van der Waals surface area contributed by atoms with E-state index in [1.807, 2.05) is 6.66 Å². The molecule has 1 fully saturated rings. The lowest BCUT2D eigenvalue weighted by Gasteiger charge is -2.04. The molecule has 2 unspecified atom stereocenters. The van der Waals surface area contributed by atoms with Gasteiger partial charge in [0.1, 0.15) is 7.49 Å². The van der Waals surface area contributed by atoms with Crippen LogP contribution in [0.2, 0.25) is 0 Å². The molecule has 1 heterocycles. The van der Waals surface area contributed by atoms with E-state index in [9.17, 15) is 4.89 Å². The highest BCUT2D eigenvalue weighted by molar-refractivity contribution is 7.69. The van der Waals surface area contributed by atoms with Crippen molar-refractivity contribution in [1.82, 2.24) is 0 Å². The Morgan fingerprint density at radius 2 is 2.25 bits per heavy atom. The third kappa shape index (κ3) is 1.43. The molecular weight excluding hydrogens is 119 g/mol. The van der Waals surface area contributed by atoms with Gasteiger partial charge in [-0.2, -0.15) is 0 Å². The van der Waals surface area contributed by atoms with E-state index in [2.05, 4.69) is 6.92 Å². The van der Waals surface area contributed by atoms with Gasteiger partial charge in [-0.1, -0.05) is 6.92 Å². The molecule has 8 heavy (non-hydrogen) atoms. The first kappa shape index (κ1) is 6.51. The van der Waals surface area contributed by atoms with Crippen LogP contribution in [-0.4, -0.2) is 23.9 Å². The topological polar surface area (TPSA) is 20.2 Å². The predicted molar refractivity (Wildman–Crippen MR) is 38.6 cm³/mol. The summed E-state index contributed by atoms with van der Waals surface area (Å²) in [6.45, 7) is 4.26. The summed E-state index contributed by atoms with van der Waals surface area (Å²) in [6, 6.07) is 0. The Balaban J connectivity index is 2.44. The molecule has 2 atom stereocenters. The third-order valence-corrected chi connectivity index (χ3v) is 4.44. The summed E-state index contributed by atoms with van der Waals surface area (Å²) in [5.41, 5.74) is 0. The van der Waals surface area contributed by atoms with Gasteiger partial charge >= 0.3 is 0 Å². The van der Waals surface area contributed by atoms with Crippen molar-refractivity contribution in [2.45, 2.75) is 13.3 Å². The van der Waals surface area contributed by atoms with E-state index < -0.39 is 7.49 Å². The van der Waals surface area contributed by atoms with Gasteiger partial charge in [0.2, 0.25) is 0 Å². The molecule has 1 nitrogen and oxygen atoms in total. The molecule has 2 heteroatoms. The molecule has 1 aliphatic heterocycles. The van der Waals surface area contributed by atoms with E-state index in [4.69, 9.17) is 0 Å². The second kappa shape index (κ2) is 1.97. The van der Waals surface area contributed by atoms with Gasteiger partial charge in [0.25, 0.3) is 0 Å². The number of hydrogen-bond acceptors (Lipinski definition) is 1. The van der Waals surface area contributed by atoms with Gasteiger partial charge in [0.05, 0.1) is 19.0 Å². The van der Waals surface area contributed by atoms with Crippen LogP contribution in [0.15, 0.2) is 0 Å². The van der Waals surface area contributed by atoms with Crippen LogP contribution < -0.4 is 0 Å². The van der Waals surface area contributed by atoms with Crippen molar-refractivity contribution < 1.29 is 4.89 Å². The highest BCUT2D eigenvalue weighted by Gasteiger charge is 2.37. The molecule has 0 aromatic heterocycles. The number of hydrogen-bond donors (Lipinski definition) is 1. The number of rotatable bonds is 0. The zero-order valence-electron chi connectivity index (χ0n) is 5.59. The first-order valence-corrected chi connectivity index (χ1v) is 5.73. The maximum atomic E-state index is 9.48. The minimum absolute atomic E-state index is 0.790. The predicted octanol–water partition coefficient (Wildman–Crippen LogP) is 1.58. The van der Waals surface area contributed by atoms with Gasteiger partial charge in [-0.3, -0.25) is 4.89 Å². The fourth-order valence-electron chi connectivity index (χ4n) is 1.35. The molecule has 0 saturated carbocycles. The molecule has 1 aliphatic rings. The van der Waals surface area contributed by atoms with Gasteiger partial charge in [-0.15, -0.1) is 0 Å². The van der Waals surface area contributed by atoms with E-state index in [1.54, 1.807) is 0 Å². The van der Waals surface area contributed by atoms with Crippen LogP contribution in [0.1, 0.15) is 13.3 Å². The molecule has 1 saturated heterocycles. The Bertz CT molecular complexity index is 90.5. The van der Waals surface area contributed by atoms with Crippen molar-refractivity contribution in [3.8, 4) is 0 Å². The minimum Gasteiger partial charge on any atom is -0.252 e. The Morgan fingerprint density at radius 3 is 2.38 bits per heavy atom. The summed E-state index contributed by atoms with van der Waals surface area (Å²) in [5.74, 6) is 0.790. The molecule has 1 N–H and O–H groups in total. The van der Waals surface area contributed by atoms with E-state index in [-0.39, 0.29) is 0 Å². The van der Waals surface area contributed by atoms with Crippen molar-refractivity contribution in [3.05, 3.63) is 0 Å². The van der Waals surface area contributed by atoms with Crippen molar-refractivity contribution in [2.24, 2.45) is 5.92 Å². The Labute approximate surface area is 51.5 Å². The van der Waals surface area contributed by atoms with Crippen LogP contribution in [0.5, 0.6) is 0 Å². The fourth-order valence-corrected chi connectivity index (χ4v) is 4.06. The van der Waals surface area contributed by atoms with Crippen molar-refractivity contribution in [3.63, 3.8) is 0 Å². The van der Waals surface area contributed by atoms with Gasteiger partial charge < -0.3 is 0 Å². The summed E-state index contributed by atoms with van der Waals surface area (Å²) in [7, 11) is -1.35. The third-order valence-electron chi connectivity index (χ3n) is 1.81. The van der Waals surface area contributed by atoms with E-state index in [1.165, 1.54) is 6.42 Å². The highest BCUT2D eigenvalue weighted by atomic mass is 31.2.